The molecule has 4 heteroatoms. The van der Waals surface area contributed by atoms with Gasteiger partial charge in [0.2, 0.25) is 0 Å². The van der Waals surface area contributed by atoms with Crippen LogP contribution in [0.4, 0.5) is 0 Å². The van der Waals surface area contributed by atoms with Crippen LogP contribution in [0.3, 0.4) is 0 Å². The molecule has 0 radical (unpaired) electrons. The second-order valence-electron chi connectivity index (χ2n) is 7.88. The van der Waals surface area contributed by atoms with Gasteiger partial charge >= 0.3 is 151 Å². The summed E-state index contributed by atoms with van der Waals surface area (Å²) in [5.74, 6) is 0. The van der Waals surface area contributed by atoms with Crippen LogP contribution in [0, 0.1) is 5.41 Å². The van der Waals surface area contributed by atoms with Crippen molar-refractivity contribution in [2.75, 3.05) is 19.6 Å². The molecule has 0 atom stereocenters. The fraction of sp³-hybridized carbons (Fsp3) is 0.789. The zero-order valence-electron chi connectivity index (χ0n) is 16.3. The molecule has 0 fully saturated rings. The molecule has 0 aliphatic heterocycles. The summed E-state index contributed by atoms with van der Waals surface area (Å²) in [5, 5.41) is 0. The quantitative estimate of drug-likeness (QED) is 0.477. The van der Waals surface area contributed by atoms with E-state index < -0.39 is 21.1 Å². The zero-order valence-corrected chi connectivity index (χ0v) is 18.8. The molecular formula is C19H39N3Zr. The maximum atomic E-state index is 4.00. The molecule has 3 N–H and O–H groups in total. The molecule has 0 amide bonds. The minimum absolute atomic E-state index is 0.340. The van der Waals surface area contributed by atoms with E-state index in [2.05, 4.69) is 63.5 Å². The van der Waals surface area contributed by atoms with Crippen LogP contribution in [-0.4, -0.2) is 19.6 Å². The predicted octanol–water partition coefficient (Wildman–Crippen LogP) is 4.53. The molecule has 0 saturated heterocycles. The van der Waals surface area contributed by atoms with Gasteiger partial charge in [-0.1, -0.05) is 0 Å². The number of hydrogen-bond acceptors (Lipinski definition) is 3. The summed E-state index contributed by atoms with van der Waals surface area (Å²) in [7, 11) is 0. The standard InChI is InChI=1S/C10H15.3C3H8N.Zr/c1-10(2,3)8-9-6-4-5-7-9;3*1-2-3-4;/h4,6H,5,8H2,1-3H3;3*4H,2-3H2,1H3;/q;3*-1;+3. The van der Waals surface area contributed by atoms with Crippen LogP contribution in [0.2, 0.25) is 0 Å². The van der Waals surface area contributed by atoms with Crippen LogP contribution in [-0.2, 0) is 21.1 Å². The van der Waals surface area contributed by atoms with E-state index in [1.54, 1.807) is 8.85 Å². The molecule has 134 valence electrons. The molecule has 0 aromatic heterocycles. The second-order valence-corrected chi connectivity index (χ2v) is 15.7. The van der Waals surface area contributed by atoms with Gasteiger partial charge in [0.15, 0.2) is 0 Å². The summed E-state index contributed by atoms with van der Waals surface area (Å²) in [6.45, 7) is 17.2. The molecule has 1 aliphatic rings. The van der Waals surface area contributed by atoms with Crippen LogP contribution in [0.1, 0.15) is 73.6 Å². The van der Waals surface area contributed by atoms with Crippen molar-refractivity contribution >= 4 is 0 Å². The van der Waals surface area contributed by atoms with Crippen LogP contribution >= 0.6 is 0 Å². The Kier molecular flexibility index (Phi) is 9.52. The molecule has 1 rings (SSSR count). The number of allylic oxidation sites excluding steroid dienone is 4. The fourth-order valence-corrected chi connectivity index (χ4v) is 12.9. The van der Waals surface area contributed by atoms with Crippen LogP contribution in [0.15, 0.2) is 21.0 Å². The molecule has 0 aromatic rings. The summed E-state index contributed by atoms with van der Waals surface area (Å²) in [4.78, 5) is 0. The molecular weight excluding hydrogens is 361 g/mol. The van der Waals surface area contributed by atoms with E-state index in [4.69, 9.17) is 0 Å². The van der Waals surface area contributed by atoms with Gasteiger partial charge in [0.1, 0.15) is 0 Å². The minimum atomic E-state index is -2.92. The van der Waals surface area contributed by atoms with E-state index in [1.807, 2.05) is 0 Å². The SMILES string of the molecule is CCC[NH][Zr]([NH]CCC)([NH]CCC)[C]1=C(CC(C)(C)C)C=CC1. The molecule has 0 unspecified atom stereocenters. The van der Waals surface area contributed by atoms with E-state index in [1.165, 1.54) is 25.7 Å². The Morgan fingerprint density at radius 3 is 1.78 bits per heavy atom. The van der Waals surface area contributed by atoms with E-state index >= 15 is 0 Å². The first-order chi connectivity index (χ1) is 10.9. The van der Waals surface area contributed by atoms with Crippen molar-refractivity contribution in [2.45, 2.75) is 73.6 Å². The number of rotatable bonds is 11. The van der Waals surface area contributed by atoms with Gasteiger partial charge in [-0.2, -0.15) is 0 Å². The van der Waals surface area contributed by atoms with Crippen molar-refractivity contribution < 1.29 is 21.1 Å². The third-order valence-electron chi connectivity index (χ3n) is 4.12. The first-order valence-corrected chi connectivity index (χ1v) is 14.4. The van der Waals surface area contributed by atoms with E-state index in [9.17, 15) is 0 Å². The topological polar surface area (TPSA) is 36.1 Å². The summed E-state index contributed by atoms with van der Waals surface area (Å²) >= 11 is -2.92. The summed E-state index contributed by atoms with van der Waals surface area (Å²) < 4.78 is 13.7. The maximum absolute atomic E-state index is 4.00. The third-order valence-corrected chi connectivity index (χ3v) is 13.4. The molecule has 0 spiro atoms. The van der Waals surface area contributed by atoms with Crippen LogP contribution < -0.4 is 9.78 Å². The zero-order chi connectivity index (χ0) is 17.3. The molecule has 3 nitrogen and oxygen atoms in total. The van der Waals surface area contributed by atoms with Crippen molar-refractivity contribution in [1.82, 2.24) is 9.78 Å². The van der Waals surface area contributed by atoms with E-state index in [-0.39, 0.29) is 0 Å². The van der Waals surface area contributed by atoms with E-state index in [0.29, 0.717) is 5.41 Å². The molecule has 23 heavy (non-hydrogen) atoms. The molecule has 0 saturated carbocycles. The Bertz CT molecular complexity index is 386. The second kappa shape index (κ2) is 10.3. The Morgan fingerprint density at radius 2 is 1.39 bits per heavy atom. The van der Waals surface area contributed by atoms with Crippen molar-refractivity contribution in [1.29, 1.82) is 0 Å². The van der Waals surface area contributed by atoms with Crippen molar-refractivity contribution in [2.24, 2.45) is 5.41 Å². The molecule has 1 aliphatic carbocycles. The van der Waals surface area contributed by atoms with Crippen LogP contribution in [0.5, 0.6) is 0 Å². The first kappa shape index (κ1) is 21.3. The van der Waals surface area contributed by atoms with Gasteiger partial charge < -0.3 is 0 Å². The van der Waals surface area contributed by atoms with E-state index in [0.717, 1.165) is 26.1 Å². The van der Waals surface area contributed by atoms with Crippen LogP contribution in [0.25, 0.3) is 0 Å². The predicted molar refractivity (Wildman–Crippen MR) is 99.7 cm³/mol. The number of hydrogen-bond donors (Lipinski definition) is 3. The van der Waals surface area contributed by atoms with Gasteiger partial charge in [-0.3, -0.25) is 0 Å². The fourth-order valence-electron chi connectivity index (χ4n) is 3.13. The molecule has 0 bridgehead atoms. The summed E-state index contributed by atoms with van der Waals surface area (Å²) in [6, 6.07) is 0. The van der Waals surface area contributed by atoms with Gasteiger partial charge in [0, 0.05) is 0 Å². The molecule has 0 heterocycles. The average molecular weight is 401 g/mol. The Hall–Kier alpha value is 0.243. The van der Waals surface area contributed by atoms with Gasteiger partial charge in [0.05, 0.1) is 0 Å². The van der Waals surface area contributed by atoms with Crippen molar-refractivity contribution in [3.05, 3.63) is 21.0 Å². The monoisotopic (exact) mass is 399 g/mol. The van der Waals surface area contributed by atoms with Gasteiger partial charge in [-0.25, -0.2) is 0 Å². The first-order valence-electron chi connectivity index (χ1n) is 9.52. The summed E-state index contributed by atoms with van der Waals surface area (Å²) in [6.07, 6.45) is 10.6. The molecule has 0 aromatic carbocycles. The van der Waals surface area contributed by atoms with Crippen molar-refractivity contribution in [3.8, 4) is 0 Å². The number of nitrogens with one attached hydrogen (secondary N) is 3. The van der Waals surface area contributed by atoms with Gasteiger partial charge in [-0.15, -0.1) is 0 Å². The average Bonchev–Trinajstić information content (AvgIpc) is 2.93. The third kappa shape index (κ3) is 6.94. The Balaban J connectivity index is 3.14. The van der Waals surface area contributed by atoms with Gasteiger partial charge in [-0.05, 0) is 0 Å². The normalized spacial score (nSPS) is 15.7. The Labute approximate surface area is 150 Å². The Morgan fingerprint density at radius 1 is 0.913 bits per heavy atom. The van der Waals surface area contributed by atoms with Gasteiger partial charge in [0.25, 0.3) is 0 Å². The summed E-state index contributed by atoms with van der Waals surface area (Å²) in [5.41, 5.74) is 1.93. The van der Waals surface area contributed by atoms with Crippen molar-refractivity contribution in [3.63, 3.8) is 0 Å².